The van der Waals surface area contributed by atoms with Gasteiger partial charge < -0.3 is 0 Å². The van der Waals surface area contributed by atoms with Gasteiger partial charge in [0.2, 0.25) is 0 Å². The summed E-state index contributed by atoms with van der Waals surface area (Å²) in [6, 6.07) is 26.9. The molecule has 3 aromatic rings. The summed E-state index contributed by atoms with van der Waals surface area (Å²) in [5, 5.41) is 0. The lowest BCUT2D eigenvalue weighted by Gasteiger charge is -2.32. The predicted molar refractivity (Wildman–Crippen MR) is 98.9 cm³/mol. The van der Waals surface area contributed by atoms with Crippen molar-refractivity contribution < 1.29 is 0 Å². The number of allylic oxidation sites excluding steroid dienone is 4. The van der Waals surface area contributed by atoms with Gasteiger partial charge in [0.1, 0.15) is 0 Å². The number of benzene rings is 3. The molecule has 0 aromatic heterocycles. The van der Waals surface area contributed by atoms with Crippen LogP contribution >= 0.6 is 0 Å². The van der Waals surface area contributed by atoms with E-state index in [-0.39, 0.29) is 5.41 Å². The van der Waals surface area contributed by atoms with Crippen LogP contribution < -0.4 is 0 Å². The summed E-state index contributed by atoms with van der Waals surface area (Å²) in [6.45, 7) is 0. The molecule has 3 aliphatic carbocycles. The van der Waals surface area contributed by atoms with Crippen molar-refractivity contribution in [2.24, 2.45) is 0 Å². The molecule has 0 fully saturated rings. The first-order valence-electron chi connectivity index (χ1n) is 8.62. The average molecular weight is 304 g/mol. The number of hydrogen-bond donors (Lipinski definition) is 0. The van der Waals surface area contributed by atoms with Crippen LogP contribution in [0.3, 0.4) is 0 Å². The molecule has 0 bridgehead atoms. The van der Waals surface area contributed by atoms with Crippen molar-refractivity contribution in [3.8, 4) is 11.1 Å². The van der Waals surface area contributed by atoms with E-state index in [9.17, 15) is 0 Å². The van der Waals surface area contributed by atoms with Crippen LogP contribution in [0.4, 0.5) is 0 Å². The van der Waals surface area contributed by atoms with Gasteiger partial charge in [-0.3, -0.25) is 0 Å². The van der Waals surface area contributed by atoms with Crippen LogP contribution in [0.25, 0.3) is 16.7 Å². The first-order chi connectivity index (χ1) is 11.9. The van der Waals surface area contributed by atoms with E-state index in [0.29, 0.717) is 0 Å². The first-order valence-corrected chi connectivity index (χ1v) is 8.62. The smallest absolute Gasteiger partial charge is 0.0691 e. The second-order valence-corrected chi connectivity index (χ2v) is 6.89. The van der Waals surface area contributed by atoms with Gasteiger partial charge in [0.25, 0.3) is 0 Å². The van der Waals surface area contributed by atoms with Gasteiger partial charge >= 0.3 is 0 Å². The van der Waals surface area contributed by atoms with Gasteiger partial charge in [-0.1, -0.05) is 84.9 Å². The molecule has 0 unspecified atom stereocenters. The van der Waals surface area contributed by atoms with Gasteiger partial charge in [-0.2, -0.15) is 0 Å². The molecule has 0 nitrogen and oxygen atoms in total. The molecule has 0 heteroatoms. The molecule has 0 heterocycles. The van der Waals surface area contributed by atoms with E-state index in [4.69, 9.17) is 0 Å². The maximum Gasteiger partial charge on any atom is 0.0691 e. The third kappa shape index (κ3) is 1.21. The highest BCUT2D eigenvalue weighted by Gasteiger charge is 2.52. The summed E-state index contributed by atoms with van der Waals surface area (Å²) < 4.78 is 0. The molecule has 3 aromatic carbocycles. The van der Waals surface area contributed by atoms with Crippen molar-refractivity contribution in [1.29, 1.82) is 0 Å². The normalized spacial score (nSPS) is 17.8. The fourth-order valence-electron chi connectivity index (χ4n) is 5.17. The SMILES string of the molecule is C1=CC2=C(C1)C1(c3ccccc32)c2ccccc2-c2ccccc21. The van der Waals surface area contributed by atoms with Crippen LogP contribution in [0.5, 0.6) is 0 Å². The Kier molecular flexibility index (Phi) is 2.17. The molecule has 24 heavy (non-hydrogen) atoms. The Morgan fingerprint density at radius 1 is 0.583 bits per heavy atom. The van der Waals surface area contributed by atoms with E-state index in [1.54, 1.807) is 5.57 Å². The Labute approximate surface area is 141 Å². The minimum atomic E-state index is -0.0946. The number of rotatable bonds is 0. The zero-order valence-electron chi connectivity index (χ0n) is 13.3. The molecule has 0 N–H and O–H groups in total. The average Bonchev–Trinajstić information content (AvgIpc) is 3.30. The molecular weight excluding hydrogens is 288 g/mol. The van der Waals surface area contributed by atoms with Gasteiger partial charge in [0, 0.05) is 0 Å². The van der Waals surface area contributed by atoms with Crippen LogP contribution in [-0.2, 0) is 5.41 Å². The Balaban J connectivity index is 1.85. The second-order valence-electron chi connectivity index (χ2n) is 6.89. The van der Waals surface area contributed by atoms with Crippen LogP contribution in [0, 0.1) is 0 Å². The van der Waals surface area contributed by atoms with Crippen molar-refractivity contribution in [2.45, 2.75) is 11.8 Å². The molecule has 0 saturated carbocycles. The predicted octanol–water partition coefficient (Wildman–Crippen LogP) is 5.73. The molecule has 3 aliphatic rings. The quantitative estimate of drug-likeness (QED) is 0.497. The van der Waals surface area contributed by atoms with Crippen LogP contribution in [0.1, 0.15) is 28.7 Å². The third-order valence-electron chi connectivity index (χ3n) is 5.96. The number of fused-ring (bicyclic) bond motifs is 9. The Hall–Kier alpha value is -2.86. The minimum Gasteiger partial charge on any atom is -0.0798 e. The molecule has 0 aliphatic heterocycles. The van der Waals surface area contributed by atoms with Crippen LogP contribution in [0.15, 0.2) is 90.5 Å². The lowest BCUT2D eigenvalue weighted by Crippen LogP contribution is -2.27. The highest BCUT2D eigenvalue weighted by molar-refractivity contribution is 5.97. The molecule has 0 saturated heterocycles. The van der Waals surface area contributed by atoms with Crippen LogP contribution in [-0.4, -0.2) is 0 Å². The Bertz CT molecular complexity index is 1030. The zero-order valence-corrected chi connectivity index (χ0v) is 13.3. The summed E-state index contributed by atoms with van der Waals surface area (Å²) in [4.78, 5) is 0. The lowest BCUT2D eigenvalue weighted by atomic mass is 9.69. The van der Waals surface area contributed by atoms with Gasteiger partial charge in [-0.25, -0.2) is 0 Å². The van der Waals surface area contributed by atoms with Gasteiger partial charge in [0.15, 0.2) is 0 Å². The molecule has 0 amide bonds. The van der Waals surface area contributed by atoms with Gasteiger partial charge in [-0.05, 0) is 50.9 Å². The summed E-state index contributed by atoms with van der Waals surface area (Å²) in [5.74, 6) is 0. The lowest BCUT2D eigenvalue weighted by molar-refractivity contribution is 0.749. The minimum absolute atomic E-state index is 0.0946. The molecular formula is C24H16. The zero-order chi connectivity index (χ0) is 15.7. The fraction of sp³-hybridized carbons (Fsp3) is 0.0833. The first kappa shape index (κ1) is 12.5. The molecule has 0 radical (unpaired) electrons. The largest absolute Gasteiger partial charge is 0.0798 e. The second kappa shape index (κ2) is 4.15. The van der Waals surface area contributed by atoms with E-state index in [2.05, 4.69) is 84.9 Å². The fourth-order valence-corrected chi connectivity index (χ4v) is 5.17. The van der Waals surface area contributed by atoms with Gasteiger partial charge in [-0.15, -0.1) is 0 Å². The summed E-state index contributed by atoms with van der Waals surface area (Å²) in [6.07, 6.45) is 5.70. The maximum atomic E-state index is 2.33. The van der Waals surface area contributed by atoms with E-state index in [1.165, 1.54) is 39.0 Å². The van der Waals surface area contributed by atoms with Crippen molar-refractivity contribution >= 4 is 5.57 Å². The highest BCUT2D eigenvalue weighted by atomic mass is 14.5. The van der Waals surface area contributed by atoms with E-state index in [0.717, 1.165) is 6.42 Å². The molecule has 6 rings (SSSR count). The Morgan fingerprint density at radius 3 is 1.71 bits per heavy atom. The maximum absolute atomic E-state index is 2.33. The van der Waals surface area contributed by atoms with E-state index < -0.39 is 0 Å². The topological polar surface area (TPSA) is 0 Å². The van der Waals surface area contributed by atoms with Crippen molar-refractivity contribution in [3.63, 3.8) is 0 Å². The molecule has 1 spiro atoms. The molecule has 0 atom stereocenters. The van der Waals surface area contributed by atoms with Gasteiger partial charge in [0.05, 0.1) is 5.41 Å². The van der Waals surface area contributed by atoms with E-state index in [1.807, 2.05) is 0 Å². The molecule has 112 valence electrons. The van der Waals surface area contributed by atoms with Crippen molar-refractivity contribution in [3.05, 3.63) is 113 Å². The Morgan fingerprint density at radius 2 is 1.08 bits per heavy atom. The van der Waals surface area contributed by atoms with Crippen LogP contribution in [0.2, 0.25) is 0 Å². The highest BCUT2D eigenvalue weighted by Crippen LogP contribution is 2.63. The summed E-state index contributed by atoms with van der Waals surface area (Å²) in [5.41, 5.74) is 11.5. The summed E-state index contributed by atoms with van der Waals surface area (Å²) >= 11 is 0. The third-order valence-corrected chi connectivity index (χ3v) is 5.96. The summed E-state index contributed by atoms with van der Waals surface area (Å²) in [7, 11) is 0. The number of hydrogen-bond acceptors (Lipinski definition) is 0. The standard InChI is InChI=1S/C24H16/c1-4-12-20-16(8-1)17-9-2-5-13-21(17)24(20)22-14-6-3-10-18(22)19-11-7-15-23(19)24/h1-14H,15H2. The van der Waals surface area contributed by atoms with Crippen molar-refractivity contribution in [1.82, 2.24) is 0 Å². The van der Waals surface area contributed by atoms with E-state index >= 15 is 0 Å². The van der Waals surface area contributed by atoms with Crippen molar-refractivity contribution in [2.75, 3.05) is 0 Å². The monoisotopic (exact) mass is 304 g/mol.